The second-order valence-electron chi connectivity index (χ2n) is 4.80. The highest BCUT2D eigenvalue weighted by Crippen LogP contribution is 2.28. The van der Waals surface area contributed by atoms with E-state index >= 15 is 0 Å². The van der Waals surface area contributed by atoms with Gasteiger partial charge in [-0.15, -0.1) is 0 Å². The van der Waals surface area contributed by atoms with Gasteiger partial charge in [0.2, 0.25) is 0 Å². The standard InChI is InChI=1S/C17H12BrNO3/c18-13-3-1-2-11(8-13)4-6-15(20)12-5-7-16-14(9-12)19-17(21)10-22-16/h1-9H,10H2,(H,19,21). The van der Waals surface area contributed by atoms with E-state index in [9.17, 15) is 9.59 Å². The molecule has 0 fully saturated rings. The number of carbonyl (C=O) groups excluding carboxylic acids is 2. The second kappa shape index (κ2) is 6.15. The first kappa shape index (κ1) is 14.5. The van der Waals surface area contributed by atoms with Crippen molar-refractivity contribution in [2.45, 2.75) is 0 Å². The summed E-state index contributed by atoms with van der Waals surface area (Å²) in [6.07, 6.45) is 3.26. The maximum atomic E-state index is 12.2. The van der Waals surface area contributed by atoms with Crippen LogP contribution in [0.15, 0.2) is 53.0 Å². The molecule has 1 aliphatic heterocycles. The second-order valence-corrected chi connectivity index (χ2v) is 5.72. The number of halogens is 1. The molecule has 0 radical (unpaired) electrons. The molecule has 2 aromatic carbocycles. The van der Waals surface area contributed by atoms with Crippen molar-refractivity contribution in [3.8, 4) is 5.75 Å². The van der Waals surface area contributed by atoms with E-state index < -0.39 is 0 Å². The van der Waals surface area contributed by atoms with Crippen molar-refractivity contribution in [1.82, 2.24) is 0 Å². The molecule has 1 aliphatic rings. The molecule has 0 aromatic heterocycles. The zero-order chi connectivity index (χ0) is 15.5. The summed E-state index contributed by atoms with van der Waals surface area (Å²) < 4.78 is 6.22. The van der Waals surface area contributed by atoms with Crippen molar-refractivity contribution in [3.63, 3.8) is 0 Å². The summed E-state index contributed by atoms with van der Waals surface area (Å²) in [6, 6.07) is 12.7. The molecule has 110 valence electrons. The van der Waals surface area contributed by atoms with Crippen molar-refractivity contribution >= 4 is 39.4 Å². The summed E-state index contributed by atoms with van der Waals surface area (Å²) in [5.41, 5.74) is 1.95. The summed E-state index contributed by atoms with van der Waals surface area (Å²) in [4.78, 5) is 23.5. The van der Waals surface area contributed by atoms with Crippen LogP contribution in [0.25, 0.3) is 6.08 Å². The van der Waals surface area contributed by atoms with Gasteiger partial charge >= 0.3 is 0 Å². The fourth-order valence-electron chi connectivity index (χ4n) is 2.11. The van der Waals surface area contributed by atoms with Gasteiger partial charge in [-0.2, -0.15) is 0 Å². The SMILES string of the molecule is O=C1COc2ccc(C(=O)C=Cc3cccc(Br)c3)cc2N1. The van der Waals surface area contributed by atoms with Crippen LogP contribution in [0.4, 0.5) is 5.69 Å². The molecular formula is C17H12BrNO3. The molecule has 0 saturated carbocycles. The Morgan fingerprint density at radius 3 is 2.91 bits per heavy atom. The van der Waals surface area contributed by atoms with Gasteiger partial charge in [-0.25, -0.2) is 0 Å². The summed E-state index contributed by atoms with van der Waals surface area (Å²) in [5.74, 6) is 0.219. The lowest BCUT2D eigenvalue weighted by Gasteiger charge is -2.17. The van der Waals surface area contributed by atoms with Gasteiger partial charge < -0.3 is 10.1 Å². The molecule has 22 heavy (non-hydrogen) atoms. The number of nitrogens with one attached hydrogen (secondary N) is 1. The van der Waals surface area contributed by atoms with Crippen LogP contribution in [0, 0.1) is 0 Å². The van der Waals surface area contributed by atoms with Crippen LogP contribution >= 0.6 is 15.9 Å². The highest BCUT2D eigenvalue weighted by Gasteiger charge is 2.17. The first-order valence-electron chi connectivity index (χ1n) is 6.66. The van der Waals surface area contributed by atoms with Crippen molar-refractivity contribution in [2.75, 3.05) is 11.9 Å². The van der Waals surface area contributed by atoms with Crippen molar-refractivity contribution < 1.29 is 14.3 Å². The lowest BCUT2D eigenvalue weighted by molar-refractivity contribution is -0.118. The van der Waals surface area contributed by atoms with Gasteiger partial charge in [-0.05, 0) is 42.0 Å². The van der Waals surface area contributed by atoms with Gasteiger partial charge in [-0.1, -0.05) is 34.1 Å². The Hall–Kier alpha value is -2.40. The average molecular weight is 358 g/mol. The molecule has 1 amide bonds. The zero-order valence-electron chi connectivity index (χ0n) is 11.5. The number of anilines is 1. The molecule has 0 unspecified atom stereocenters. The smallest absolute Gasteiger partial charge is 0.262 e. The Kier molecular flexibility index (Phi) is 4.06. The van der Waals surface area contributed by atoms with Crippen LogP contribution in [-0.2, 0) is 4.79 Å². The summed E-state index contributed by atoms with van der Waals surface area (Å²) in [7, 11) is 0. The first-order valence-corrected chi connectivity index (χ1v) is 7.46. The molecule has 1 N–H and O–H groups in total. The Morgan fingerprint density at radius 2 is 2.09 bits per heavy atom. The topological polar surface area (TPSA) is 55.4 Å². The number of ether oxygens (including phenoxy) is 1. The summed E-state index contributed by atoms with van der Waals surface area (Å²) in [5, 5.41) is 2.69. The molecule has 5 heteroatoms. The monoisotopic (exact) mass is 357 g/mol. The number of allylic oxidation sites excluding steroid dienone is 1. The van der Waals surface area contributed by atoms with Gasteiger partial charge in [0.15, 0.2) is 12.4 Å². The Bertz CT molecular complexity index is 783. The van der Waals surface area contributed by atoms with E-state index in [0.29, 0.717) is 17.0 Å². The summed E-state index contributed by atoms with van der Waals surface area (Å²) >= 11 is 3.39. The Morgan fingerprint density at radius 1 is 1.23 bits per heavy atom. The fourth-order valence-corrected chi connectivity index (χ4v) is 2.53. The van der Waals surface area contributed by atoms with E-state index in [0.717, 1.165) is 10.0 Å². The van der Waals surface area contributed by atoms with Crippen LogP contribution in [-0.4, -0.2) is 18.3 Å². The zero-order valence-corrected chi connectivity index (χ0v) is 13.1. The lowest BCUT2D eigenvalue weighted by Crippen LogP contribution is -2.25. The molecular weight excluding hydrogens is 346 g/mol. The van der Waals surface area contributed by atoms with Gasteiger partial charge in [0.1, 0.15) is 5.75 Å². The first-order chi connectivity index (χ1) is 10.6. The van der Waals surface area contributed by atoms with E-state index in [1.807, 2.05) is 24.3 Å². The minimum absolute atomic E-state index is 0.00306. The third-order valence-corrected chi connectivity index (χ3v) is 3.67. The lowest BCUT2D eigenvalue weighted by atomic mass is 10.1. The van der Waals surface area contributed by atoms with E-state index in [1.165, 1.54) is 6.08 Å². The number of fused-ring (bicyclic) bond motifs is 1. The maximum absolute atomic E-state index is 12.2. The highest BCUT2D eigenvalue weighted by molar-refractivity contribution is 9.10. The summed E-state index contributed by atoms with van der Waals surface area (Å²) in [6.45, 7) is 0.00306. The van der Waals surface area contributed by atoms with E-state index in [1.54, 1.807) is 24.3 Å². The molecule has 0 atom stereocenters. The molecule has 4 nitrogen and oxygen atoms in total. The van der Waals surface area contributed by atoms with Crippen molar-refractivity contribution in [2.24, 2.45) is 0 Å². The normalized spacial score (nSPS) is 13.4. The minimum Gasteiger partial charge on any atom is -0.482 e. The molecule has 2 aromatic rings. The van der Waals surface area contributed by atoms with Gasteiger partial charge in [0.05, 0.1) is 5.69 Å². The van der Waals surface area contributed by atoms with Crippen molar-refractivity contribution in [1.29, 1.82) is 0 Å². The number of ketones is 1. The molecule has 0 spiro atoms. The van der Waals surface area contributed by atoms with Gasteiger partial charge in [0, 0.05) is 10.0 Å². The maximum Gasteiger partial charge on any atom is 0.262 e. The molecule has 3 rings (SSSR count). The van der Waals surface area contributed by atoms with Gasteiger partial charge in [-0.3, -0.25) is 9.59 Å². The van der Waals surface area contributed by atoms with Crippen LogP contribution in [0.3, 0.4) is 0 Å². The largest absolute Gasteiger partial charge is 0.482 e. The van der Waals surface area contributed by atoms with Crippen LogP contribution in [0.1, 0.15) is 15.9 Å². The Balaban J connectivity index is 1.80. The van der Waals surface area contributed by atoms with Crippen LogP contribution < -0.4 is 10.1 Å². The Labute approximate surface area is 135 Å². The number of hydrogen-bond donors (Lipinski definition) is 1. The van der Waals surface area contributed by atoms with Crippen molar-refractivity contribution in [3.05, 3.63) is 64.1 Å². The van der Waals surface area contributed by atoms with Crippen LogP contribution in [0.5, 0.6) is 5.75 Å². The predicted octanol–water partition coefficient (Wildman–Crippen LogP) is 3.68. The quantitative estimate of drug-likeness (QED) is 0.673. The van der Waals surface area contributed by atoms with E-state index in [4.69, 9.17) is 4.74 Å². The molecule has 0 aliphatic carbocycles. The van der Waals surface area contributed by atoms with Gasteiger partial charge in [0.25, 0.3) is 5.91 Å². The number of hydrogen-bond acceptors (Lipinski definition) is 3. The third kappa shape index (κ3) is 3.26. The highest BCUT2D eigenvalue weighted by atomic mass is 79.9. The minimum atomic E-state index is -0.221. The third-order valence-electron chi connectivity index (χ3n) is 3.17. The van der Waals surface area contributed by atoms with E-state index in [2.05, 4.69) is 21.2 Å². The number of amides is 1. The van der Waals surface area contributed by atoms with Crippen LogP contribution in [0.2, 0.25) is 0 Å². The average Bonchev–Trinajstić information content (AvgIpc) is 2.52. The number of benzene rings is 2. The van der Waals surface area contributed by atoms with E-state index in [-0.39, 0.29) is 18.3 Å². The number of carbonyl (C=O) groups is 2. The predicted molar refractivity (Wildman–Crippen MR) is 88.1 cm³/mol. The molecule has 0 bridgehead atoms. The molecule has 1 heterocycles. The fraction of sp³-hybridized carbons (Fsp3) is 0.0588. The number of rotatable bonds is 3. The molecule has 0 saturated heterocycles.